The van der Waals surface area contributed by atoms with Crippen molar-refractivity contribution in [1.82, 2.24) is 9.55 Å². The highest BCUT2D eigenvalue weighted by Gasteiger charge is 2.02. The number of nitrogens with zero attached hydrogens (tertiary/aromatic N) is 2. The van der Waals surface area contributed by atoms with Gasteiger partial charge in [0, 0.05) is 18.1 Å². The zero-order chi connectivity index (χ0) is 9.97. The summed E-state index contributed by atoms with van der Waals surface area (Å²) in [7, 11) is 0. The summed E-state index contributed by atoms with van der Waals surface area (Å²) < 4.78 is 14.8. The third-order valence-electron chi connectivity index (χ3n) is 1.91. The van der Waals surface area contributed by atoms with E-state index in [0.29, 0.717) is 12.0 Å². The normalized spacial score (nSPS) is 10.1. The molecule has 0 amide bonds. The summed E-state index contributed by atoms with van der Waals surface area (Å²) in [5, 5.41) is 0. The number of aromatic nitrogens is 2. The first-order valence-electron chi connectivity index (χ1n) is 4.04. The summed E-state index contributed by atoms with van der Waals surface area (Å²) in [5.74, 6) is -0.522. The van der Waals surface area contributed by atoms with Crippen molar-refractivity contribution >= 4 is 6.29 Å². The fourth-order valence-electron chi connectivity index (χ4n) is 1.18. The van der Waals surface area contributed by atoms with E-state index in [1.54, 1.807) is 29.4 Å². The Labute approximate surface area is 79.8 Å². The molecule has 0 spiro atoms. The number of hydrogen-bond acceptors (Lipinski definition) is 2. The first-order chi connectivity index (χ1) is 6.81. The zero-order valence-electron chi connectivity index (χ0n) is 7.22. The van der Waals surface area contributed by atoms with Crippen molar-refractivity contribution in [2.75, 3.05) is 0 Å². The molecule has 0 bridgehead atoms. The molecule has 0 aliphatic rings. The third kappa shape index (κ3) is 1.42. The quantitative estimate of drug-likeness (QED) is 0.677. The minimum atomic E-state index is -0.522. The van der Waals surface area contributed by atoms with Gasteiger partial charge in [0.2, 0.25) is 0 Å². The van der Waals surface area contributed by atoms with Crippen LogP contribution in [0.5, 0.6) is 0 Å². The van der Waals surface area contributed by atoms with Crippen LogP contribution < -0.4 is 0 Å². The molecule has 2 aromatic rings. The highest BCUT2D eigenvalue weighted by Crippen LogP contribution is 2.12. The largest absolute Gasteiger partial charge is 0.306 e. The molecule has 0 saturated heterocycles. The average molecular weight is 190 g/mol. The Hall–Kier alpha value is -1.97. The molecule has 0 radical (unpaired) electrons. The molecule has 0 saturated carbocycles. The van der Waals surface area contributed by atoms with Crippen LogP contribution in [0.25, 0.3) is 5.69 Å². The van der Waals surface area contributed by atoms with Gasteiger partial charge in [-0.15, -0.1) is 0 Å². The molecule has 1 aromatic carbocycles. The minimum absolute atomic E-state index is 0.0638. The van der Waals surface area contributed by atoms with Gasteiger partial charge in [-0.2, -0.15) is 0 Å². The number of aldehydes is 1. The lowest BCUT2D eigenvalue weighted by Crippen LogP contribution is -1.94. The van der Waals surface area contributed by atoms with Gasteiger partial charge in [0.15, 0.2) is 6.29 Å². The van der Waals surface area contributed by atoms with E-state index in [1.165, 1.54) is 12.1 Å². The van der Waals surface area contributed by atoms with E-state index in [1.807, 2.05) is 0 Å². The van der Waals surface area contributed by atoms with Crippen molar-refractivity contribution in [2.24, 2.45) is 0 Å². The summed E-state index contributed by atoms with van der Waals surface area (Å²) in [4.78, 5) is 14.2. The Bertz CT molecular complexity index is 451. The van der Waals surface area contributed by atoms with Crippen molar-refractivity contribution in [3.63, 3.8) is 0 Å². The van der Waals surface area contributed by atoms with Crippen LogP contribution in [0.4, 0.5) is 4.39 Å². The number of carbonyl (C=O) groups excluding carboxylic acids is 1. The molecule has 1 heterocycles. The molecule has 0 aliphatic carbocycles. The number of carbonyl (C=O) groups is 1. The molecule has 14 heavy (non-hydrogen) atoms. The lowest BCUT2D eigenvalue weighted by atomic mass is 10.2. The zero-order valence-corrected chi connectivity index (χ0v) is 7.22. The monoisotopic (exact) mass is 190 g/mol. The highest BCUT2D eigenvalue weighted by atomic mass is 19.1. The number of halogens is 1. The van der Waals surface area contributed by atoms with E-state index in [4.69, 9.17) is 0 Å². The second-order valence-electron chi connectivity index (χ2n) is 2.79. The Morgan fingerprint density at radius 2 is 2.29 bits per heavy atom. The predicted molar refractivity (Wildman–Crippen MR) is 48.9 cm³/mol. The maximum atomic E-state index is 13.2. The summed E-state index contributed by atoms with van der Waals surface area (Å²) in [6.07, 6.45) is 5.36. The molecule has 0 atom stereocenters. The number of benzene rings is 1. The molecule has 70 valence electrons. The van der Waals surface area contributed by atoms with Crippen LogP contribution in [0.15, 0.2) is 36.9 Å². The van der Waals surface area contributed by atoms with Crippen LogP contribution in [-0.4, -0.2) is 15.8 Å². The van der Waals surface area contributed by atoms with Crippen LogP contribution in [0.1, 0.15) is 10.4 Å². The molecule has 2 rings (SSSR count). The van der Waals surface area contributed by atoms with Gasteiger partial charge < -0.3 is 4.57 Å². The van der Waals surface area contributed by atoms with Gasteiger partial charge in [-0.05, 0) is 18.2 Å². The Morgan fingerprint density at radius 3 is 2.86 bits per heavy atom. The van der Waals surface area contributed by atoms with Crippen LogP contribution in [0, 0.1) is 5.82 Å². The van der Waals surface area contributed by atoms with Crippen LogP contribution in [0.2, 0.25) is 0 Å². The van der Waals surface area contributed by atoms with Gasteiger partial charge in [-0.25, -0.2) is 9.37 Å². The van der Waals surface area contributed by atoms with E-state index in [-0.39, 0.29) is 5.56 Å². The third-order valence-corrected chi connectivity index (χ3v) is 1.91. The molecule has 4 heteroatoms. The van der Waals surface area contributed by atoms with Crippen LogP contribution >= 0.6 is 0 Å². The molecule has 0 N–H and O–H groups in total. The van der Waals surface area contributed by atoms with E-state index >= 15 is 0 Å². The maximum Gasteiger partial charge on any atom is 0.152 e. The smallest absolute Gasteiger partial charge is 0.152 e. The molecule has 0 fully saturated rings. The van der Waals surface area contributed by atoms with Crippen molar-refractivity contribution < 1.29 is 9.18 Å². The number of imidazole rings is 1. The number of hydrogen-bond donors (Lipinski definition) is 0. The topological polar surface area (TPSA) is 34.9 Å². The van der Waals surface area contributed by atoms with Crippen molar-refractivity contribution in [3.05, 3.63) is 48.3 Å². The Kier molecular flexibility index (Phi) is 2.10. The second kappa shape index (κ2) is 3.41. The van der Waals surface area contributed by atoms with Crippen LogP contribution in [0.3, 0.4) is 0 Å². The summed E-state index contributed by atoms with van der Waals surface area (Å²) in [6, 6.07) is 4.40. The molecule has 0 aliphatic heterocycles. The van der Waals surface area contributed by atoms with Crippen molar-refractivity contribution in [3.8, 4) is 5.69 Å². The molecule has 0 unspecified atom stereocenters. The summed E-state index contributed by atoms with van der Waals surface area (Å²) >= 11 is 0. The SMILES string of the molecule is O=Cc1ccc(-n2ccnc2)cc1F. The van der Waals surface area contributed by atoms with Gasteiger partial charge in [-0.1, -0.05) is 0 Å². The first kappa shape index (κ1) is 8.62. The molecular formula is C10H7FN2O. The first-order valence-corrected chi connectivity index (χ1v) is 4.04. The van der Waals surface area contributed by atoms with Crippen LogP contribution in [-0.2, 0) is 0 Å². The minimum Gasteiger partial charge on any atom is -0.306 e. The predicted octanol–water partition coefficient (Wildman–Crippen LogP) is 1.82. The average Bonchev–Trinajstić information content (AvgIpc) is 2.70. The molecule has 3 nitrogen and oxygen atoms in total. The molecular weight excluding hydrogens is 183 g/mol. The second-order valence-corrected chi connectivity index (χ2v) is 2.79. The lowest BCUT2D eigenvalue weighted by molar-refractivity contribution is 0.112. The standard InChI is InChI=1S/C10H7FN2O/c11-10-5-9(2-1-8(10)6-14)13-4-3-12-7-13/h1-7H. The maximum absolute atomic E-state index is 13.2. The van der Waals surface area contributed by atoms with E-state index < -0.39 is 5.82 Å². The highest BCUT2D eigenvalue weighted by molar-refractivity contribution is 5.75. The summed E-state index contributed by atoms with van der Waals surface area (Å²) in [6.45, 7) is 0. The Balaban J connectivity index is 2.48. The van der Waals surface area contributed by atoms with Crippen molar-refractivity contribution in [2.45, 2.75) is 0 Å². The van der Waals surface area contributed by atoms with Gasteiger partial charge in [0.25, 0.3) is 0 Å². The van der Waals surface area contributed by atoms with Gasteiger partial charge >= 0.3 is 0 Å². The van der Waals surface area contributed by atoms with Crippen molar-refractivity contribution in [1.29, 1.82) is 0 Å². The lowest BCUT2D eigenvalue weighted by Gasteiger charge is -2.02. The fourth-order valence-corrected chi connectivity index (χ4v) is 1.18. The van der Waals surface area contributed by atoms with E-state index in [0.717, 1.165) is 0 Å². The summed E-state index contributed by atoms with van der Waals surface area (Å²) in [5.41, 5.74) is 0.708. The van der Waals surface area contributed by atoms with Gasteiger partial charge in [0.05, 0.1) is 11.9 Å². The Morgan fingerprint density at radius 1 is 1.43 bits per heavy atom. The van der Waals surface area contributed by atoms with Gasteiger partial charge in [-0.3, -0.25) is 4.79 Å². The number of rotatable bonds is 2. The van der Waals surface area contributed by atoms with E-state index in [2.05, 4.69) is 4.98 Å². The molecule has 1 aromatic heterocycles. The van der Waals surface area contributed by atoms with E-state index in [9.17, 15) is 9.18 Å². The van der Waals surface area contributed by atoms with Gasteiger partial charge in [0.1, 0.15) is 5.82 Å². The fraction of sp³-hybridized carbons (Fsp3) is 0.